The number of anilines is 1. The number of rotatable bonds is 9. The molecule has 0 saturated heterocycles. The molecule has 0 aliphatic heterocycles. The third-order valence-electron chi connectivity index (χ3n) is 5.29. The molecule has 0 aromatic heterocycles. The monoisotopic (exact) mass is 502 g/mol. The number of hydrogen-bond acceptors (Lipinski definition) is 5. The number of amides is 1. The Balaban J connectivity index is 1.94. The minimum atomic E-state index is -4.14. The average Bonchev–Trinajstić information content (AvgIpc) is 2.83. The molecule has 0 bridgehead atoms. The summed E-state index contributed by atoms with van der Waals surface area (Å²) < 4.78 is 39.1. The van der Waals surface area contributed by atoms with E-state index >= 15 is 0 Å². The summed E-state index contributed by atoms with van der Waals surface area (Å²) in [6.07, 6.45) is 0. The van der Waals surface area contributed by atoms with E-state index in [2.05, 4.69) is 0 Å². The van der Waals surface area contributed by atoms with Crippen LogP contribution in [-0.4, -0.2) is 47.0 Å². The van der Waals surface area contributed by atoms with Crippen molar-refractivity contribution in [2.75, 3.05) is 32.1 Å². The highest BCUT2D eigenvalue weighted by molar-refractivity contribution is 7.93. The highest BCUT2D eigenvalue weighted by Crippen LogP contribution is 2.31. The van der Waals surface area contributed by atoms with Crippen LogP contribution in [-0.2, 0) is 21.4 Å². The predicted octanol–water partition coefficient (Wildman–Crippen LogP) is 4.52. The van der Waals surface area contributed by atoms with E-state index in [1.54, 1.807) is 57.5 Å². The highest BCUT2D eigenvalue weighted by Gasteiger charge is 2.31. The summed E-state index contributed by atoms with van der Waals surface area (Å²) >= 11 is 6.01. The number of hydrogen-bond donors (Lipinski definition) is 0. The molecule has 34 heavy (non-hydrogen) atoms. The van der Waals surface area contributed by atoms with Crippen molar-refractivity contribution < 1.29 is 22.7 Å². The lowest BCUT2D eigenvalue weighted by molar-refractivity contribution is -0.128. The van der Waals surface area contributed by atoms with E-state index in [1.807, 2.05) is 24.3 Å². The minimum Gasteiger partial charge on any atom is -0.497 e. The van der Waals surface area contributed by atoms with Gasteiger partial charge < -0.3 is 14.4 Å². The fourth-order valence-corrected chi connectivity index (χ4v) is 5.15. The SMILES string of the molecule is COc1ccc(CN(C)C(=O)CN(c2ccc(Cl)cc2)S(=O)(=O)c2cc(C)ccc2OC)cc1. The van der Waals surface area contributed by atoms with Crippen molar-refractivity contribution in [2.24, 2.45) is 0 Å². The molecule has 180 valence electrons. The fourth-order valence-electron chi connectivity index (χ4n) is 3.36. The lowest BCUT2D eigenvalue weighted by atomic mass is 10.2. The molecule has 0 fully saturated rings. The van der Waals surface area contributed by atoms with Crippen LogP contribution in [0, 0.1) is 6.92 Å². The van der Waals surface area contributed by atoms with Crippen molar-refractivity contribution in [1.82, 2.24) is 4.90 Å². The summed E-state index contributed by atoms with van der Waals surface area (Å²) in [4.78, 5) is 14.6. The Morgan fingerprint density at radius 3 is 2.18 bits per heavy atom. The number of sulfonamides is 1. The third kappa shape index (κ3) is 5.81. The van der Waals surface area contributed by atoms with Crippen LogP contribution in [0.25, 0.3) is 0 Å². The van der Waals surface area contributed by atoms with Gasteiger partial charge >= 0.3 is 0 Å². The molecule has 9 heteroatoms. The van der Waals surface area contributed by atoms with E-state index in [-0.39, 0.29) is 16.6 Å². The zero-order valence-electron chi connectivity index (χ0n) is 19.5. The minimum absolute atomic E-state index is 0.0180. The van der Waals surface area contributed by atoms with E-state index in [1.165, 1.54) is 18.1 Å². The van der Waals surface area contributed by atoms with Gasteiger partial charge in [-0.1, -0.05) is 29.8 Å². The van der Waals surface area contributed by atoms with Gasteiger partial charge in [-0.25, -0.2) is 8.42 Å². The summed E-state index contributed by atoms with van der Waals surface area (Å²) in [7, 11) is 0.480. The smallest absolute Gasteiger partial charge is 0.268 e. The van der Waals surface area contributed by atoms with Crippen LogP contribution in [0.4, 0.5) is 5.69 Å². The van der Waals surface area contributed by atoms with Crippen molar-refractivity contribution >= 4 is 33.2 Å². The molecule has 0 aliphatic carbocycles. The van der Waals surface area contributed by atoms with Crippen molar-refractivity contribution in [1.29, 1.82) is 0 Å². The maximum Gasteiger partial charge on any atom is 0.268 e. The maximum atomic E-state index is 13.8. The van der Waals surface area contributed by atoms with Crippen LogP contribution < -0.4 is 13.8 Å². The van der Waals surface area contributed by atoms with E-state index < -0.39 is 16.6 Å². The van der Waals surface area contributed by atoms with Crippen LogP contribution >= 0.6 is 11.6 Å². The molecule has 0 atom stereocenters. The summed E-state index contributed by atoms with van der Waals surface area (Å²) in [6, 6.07) is 18.5. The number of ether oxygens (including phenoxy) is 2. The molecule has 3 aromatic rings. The summed E-state index contributed by atoms with van der Waals surface area (Å²) in [5.41, 5.74) is 1.95. The Labute approximate surface area is 205 Å². The number of aryl methyl sites for hydroxylation is 1. The summed E-state index contributed by atoms with van der Waals surface area (Å²) in [5.74, 6) is 0.536. The van der Waals surface area contributed by atoms with Gasteiger partial charge in [0, 0.05) is 18.6 Å². The Morgan fingerprint density at radius 2 is 1.59 bits per heavy atom. The first kappa shape index (κ1) is 25.4. The van der Waals surface area contributed by atoms with Crippen LogP contribution in [0.1, 0.15) is 11.1 Å². The normalized spacial score (nSPS) is 11.1. The van der Waals surface area contributed by atoms with Crippen LogP contribution in [0.2, 0.25) is 5.02 Å². The molecule has 0 heterocycles. The fraction of sp³-hybridized carbons (Fsp3) is 0.240. The molecule has 7 nitrogen and oxygen atoms in total. The number of halogens is 1. The van der Waals surface area contributed by atoms with E-state index in [0.29, 0.717) is 23.0 Å². The van der Waals surface area contributed by atoms with Gasteiger partial charge in [0.2, 0.25) is 5.91 Å². The second-order valence-corrected chi connectivity index (χ2v) is 10.0. The Hall–Kier alpha value is -3.23. The van der Waals surface area contributed by atoms with Crippen molar-refractivity contribution in [3.05, 3.63) is 82.9 Å². The molecular weight excluding hydrogens is 476 g/mol. The lowest BCUT2D eigenvalue weighted by Gasteiger charge is -2.27. The Bertz CT molecular complexity index is 1250. The molecule has 0 unspecified atom stereocenters. The summed E-state index contributed by atoms with van der Waals surface area (Å²) in [5, 5.41) is 0.456. The first-order valence-electron chi connectivity index (χ1n) is 10.5. The van der Waals surface area contributed by atoms with E-state index in [4.69, 9.17) is 21.1 Å². The number of benzene rings is 3. The Morgan fingerprint density at radius 1 is 0.941 bits per heavy atom. The van der Waals surface area contributed by atoms with Crippen molar-refractivity contribution in [2.45, 2.75) is 18.4 Å². The van der Waals surface area contributed by atoms with Gasteiger partial charge in [0.15, 0.2) is 0 Å². The average molecular weight is 503 g/mol. The van der Waals surface area contributed by atoms with Gasteiger partial charge in [-0.05, 0) is 66.6 Å². The molecule has 0 saturated carbocycles. The van der Waals surface area contributed by atoms with Crippen molar-refractivity contribution in [3.8, 4) is 11.5 Å². The maximum absolute atomic E-state index is 13.8. The first-order chi connectivity index (χ1) is 16.1. The number of carbonyl (C=O) groups is 1. The summed E-state index contributed by atoms with van der Waals surface area (Å²) in [6.45, 7) is 1.71. The first-order valence-corrected chi connectivity index (χ1v) is 12.3. The molecular formula is C25H27ClN2O5S. The topological polar surface area (TPSA) is 76.2 Å². The number of carbonyl (C=O) groups excluding carboxylic acids is 1. The van der Waals surface area contributed by atoms with Gasteiger partial charge in [-0.3, -0.25) is 9.10 Å². The number of nitrogens with zero attached hydrogens (tertiary/aromatic N) is 2. The highest BCUT2D eigenvalue weighted by atomic mass is 35.5. The lowest BCUT2D eigenvalue weighted by Crippen LogP contribution is -2.41. The second-order valence-electron chi connectivity index (χ2n) is 7.74. The van der Waals surface area contributed by atoms with E-state index in [9.17, 15) is 13.2 Å². The number of methoxy groups -OCH3 is 2. The number of likely N-dealkylation sites (N-methyl/N-ethyl adjacent to an activating group) is 1. The van der Waals surface area contributed by atoms with Gasteiger partial charge in [0.25, 0.3) is 10.0 Å². The predicted molar refractivity (Wildman–Crippen MR) is 133 cm³/mol. The second kappa shape index (κ2) is 10.8. The molecule has 0 radical (unpaired) electrons. The third-order valence-corrected chi connectivity index (χ3v) is 7.33. The molecule has 0 spiro atoms. The van der Waals surface area contributed by atoms with Gasteiger partial charge in [-0.2, -0.15) is 0 Å². The van der Waals surface area contributed by atoms with Crippen molar-refractivity contribution in [3.63, 3.8) is 0 Å². The molecule has 0 aliphatic rings. The van der Waals surface area contributed by atoms with Crippen LogP contribution in [0.15, 0.2) is 71.6 Å². The van der Waals surface area contributed by atoms with Gasteiger partial charge in [0.05, 0.1) is 19.9 Å². The zero-order chi connectivity index (χ0) is 24.9. The molecule has 3 rings (SSSR count). The van der Waals surface area contributed by atoms with Crippen LogP contribution in [0.3, 0.4) is 0 Å². The Kier molecular flexibility index (Phi) is 8.06. The van der Waals surface area contributed by atoms with Gasteiger partial charge in [0.1, 0.15) is 22.9 Å². The molecule has 1 amide bonds. The van der Waals surface area contributed by atoms with Gasteiger partial charge in [-0.15, -0.1) is 0 Å². The quantitative estimate of drug-likeness (QED) is 0.430. The molecule has 3 aromatic carbocycles. The standard InChI is InChI=1S/C25H27ClN2O5S/c1-18-5-14-23(33-4)24(15-18)34(30,31)28(21-10-8-20(26)9-11-21)17-25(29)27(2)16-19-6-12-22(32-3)13-7-19/h5-15H,16-17H2,1-4H3. The molecule has 0 N–H and O–H groups in total. The zero-order valence-corrected chi connectivity index (χ0v) is 21.1. The van der Waals surface area contributed by atoms with E-state index in [0.717, 1.165) is 15.4 Å². The van der Waals surface area contributed by atoms with Crippen LogP contribution in [0.5, 0.6) is 11.5 Å². The largest absolute Gasteiger partial charge is 0.497 e.